The summed E-state index contributed by atoms with van der Waals surface area (Å²) in [6.45, 7) is 1.85. The average molecular weight is 332 g/mol. The van der Waals surface area contributed by atoms with E-state index in [0.717, 1.165) is 18.4 Å². The summed E-state index contributed by atoms with van der Waals surface area (Å²) in [6.07, 6.45) is 2.21. The van der Waals surface area contributed by atoms with Crippen molar-refractivity contribution in [3.63, 3.8) is 0 Å². The van der Waals surface area contributed by atoms with E-state index in [9.17, 15) is 4.79 Å². The molecule has 2 aromatic carbocycles. The van der Waals surface area contributed by atoms with Crippen LogP contribution in [0.4, 0.5) is 0 Å². The molecular formula is C21H20N2O2. The Morgan fingerprint density at radius 1 is 1.16 bits per heavy atom. The number of fused-ring (bicyclic) bond motifs is 1. The molecule has 4 rings (SSSR count). The Morgan fingerprint density at radius 2 is 1.92 bits per heavy atom. The lowest BCUT2D eigenvalue weighted by molar-refractivity contribution is -0.121. The summed E-state index contributed by atoms with van der Waals surface area (Å²) >= 11 is 0. The van der Waals surface area contributed by atoms with Crippen LogP contribution in [0.5, 0.6) is 0 Å². The number of hydrogen-bond acceptors (Lipinski definition) is 3. The summed E-state index contributed by atoms with van der Waals surface area (Å²) in [7, 11) is 0. The van der Waals surface area contributed by atoms with Gasteiger partial charge in [-0.1, -0.05) is 42.5 Å². The first kappa shape index (κ1) is 15.6. The molecule has 0 fully saturated rings. The SMILES string of the molecule is Cc1oc(-c2ccccc2)nc1CC(=O)N[C@H]1CCc2ccccc21. The molecule has 1 N–H and O–H groups in total. The topological polar surface area (TPSA) is 55.1 Å². The lowest BCUT2D eigenvalue weighted by Crippen LogP contribution is -2.28. The van der Waals surface area contributed by atoms with E-state index in [1.54, 1.807) is 0 Å². The van der Waals surface area contributed by atoms with Gasteiger partial charge < -0.3 is 9.73 Å². The van der Waals surface area contributed by atoms with E-state index in [1.807, 2.05) is 49.4 Å². The Bertz CT molecular complexity index is 899. The lowest BCUT2D eigenvalue weighted by Gasteiger charge is -2.13. The van der Waals surface area contributed by atoms with Crippen molar-refractivity contribution in [2.75, 3.05) is 0 Å². The zero-order chi connectivity index (χ0) is 17.2. The van der Waals surface area contributed by atoms with E-state index < -0.39 is 0 Å². The average Bonchev–Trinajstić information content (AvgIpc) is 3.20. The van der Waals surface area contributed by atoms with Crippen LogP contribution in [-0.4, -0.2) is 10.9 Å². The number of nitrogens with zero attached hydrogens (tertiary/aromatic N) is 1. The van der Waals surface area contributed by atoms with Crippen molar-refractivity contribution in [2.45, 2.75) is 32.2 Å². The van der Waals surface area contributed by atoms with Crippen LogP contribution in [0.2, 0.25) is 0 Å². The molecule has 25 heavy (non-hydrogen) atoms. The Kier molecular flexibility index (Phi) is 4.10. The summed E-state index contributed by atoms with van der Waals surface area (Å²) in [5, 5.41) is 3.14. The zero-order valence-electron chi connectivity index (χ0n) is 14.2. The maximum atomic E-state index is 12.5. The number of nitrogens with one attached hydrogen (secondary N) is 1. The Hall–Kier alpha value is -2.88. The number of hydrogen-bond donors (Lipinski definition) is 1. The fourth-order valence-corrected chi connectivity index (χ4v) is 3.40. The molecule has 0 aliphatic heterocycles. The van der Waals surface area contributed by atoms with Crippen LogP contribution >= 0.6 is 0 Å². The van der Waals surface area contributed by atoms with Gasteiger partial charge in [0, 0.05) is 5.56 Å². The van der Waals surface area contributed by atoms with Crippen molar-refractivity contribution < 1.29 is 9.21 Å². The summed E-state index contributed by atoms with van der Waals surface area (Å²) in [4.78, 5) is 17.0. The Labute approximate surface area is 146 Å². The fraction of sp³-hybridized carbons (Fsp3) is 0.238. The molecule has 0 saturated carbocycles. The highest BCUT2D eigenvalue weighted by Gasteiger charge is 2.24. The van der Waals surface area contributed by atoms with E-state index in [0.29, 0.717) is 17.3 Å². The second-order valence-electron chi connectivity index (χ2n) is 6.42. The summed E-state index contributed by atoms with van der Waals surface area (Å²) < 4.78 is 5.74. The molecule has 0 unspecified atom stereocenters. The number of aromatic nitrogens is 1. The quantitative estimate of drug-likeness (QED) is 0.786. The lowest BCUT2D eigenvalue weighted by atomic mass is 10.1. The van der Waals surface area contributed by atoms with Crippen molar-refractivity contribution in [1.82, 2.24) is 10.3 Å². The first-order valence-corrected chi connectivity index (χ1v) is 8.59. The predicted octanol–water partition coefficient (Wildman–Crippen LogP) is 4.00. The minimum Gasteiger partial charge on any atom is -0.441 e. The van der Waals surface area contributed by atoms with Gasteiger partial charge in [-0.05, 0) is 43.0 Å². The van der Waals surface area contributed by atoms with E-state index in [4.69, 9.17) is 4.42 Å². The number of rotatable bonds is 4. The Morgan fingerprint density at radius 3 is 2.76 bits per heavy atom. The summed E-state index contributed by atoms with van der Waals surface area (Å²) in [5.74, 6) is 1.24. The van der Waals surface area contributed by atoms with Crippen molar-refractivity contribution in [3.8, 4) is 11.5 Å². The first-order valence-electron chi connectivity index (χ1n) is 8.59. The van der Waals surface area contributed by atoms with E-state index in [-0.39, 0.29) is 18.4 Å². The molecule has 1 aromatic heterocycles. The predicted molar refractivity (Wildman–Crippen MR) is 96.0 cm³/mol. The van der Waals surface area contributed by atoms with Gasteiger partial charge in [-0.25, -0.2) is 4.98 Å². The molecule has 1 amide bonds. The monoisotopic (exact) mass is 332 g/mol. The van der Waals surface area contributed by atoms with Gasteiger partial charge in [0.1, 0.15) is 5.76 Å². The third kappa shape index (κ3) is 3.20. The molecule has 4 nitrogen and oxygen atoms in total. The molecule has 1 aliphatic rings. The zero-order valence-corrected chi connectivity index (χ0v) is 14.2. The molecule has 1 heterocycles. The van der Waals surface area contributed by atoms with Gasteiger partial charge >= 0.3 is 0 Å². The molecule has 126 valence electrons. The second kappa shape index (κ2) is 6.55. The number of amides is 1. The molecule has 0 bridgehead atoms. The molecular weight excluding hydrogens is 312 g/mol. The normalized spacial score (nSPS) is 15.8. The molecule has 4 heteroatoms. The van der Waals surface area contributed by atoms with Gasteiger partial charge in [0.15, 0.2) is 0 Å². The van der Waals surface area contributed by atoms with Crippen LogP contribution in [0.1, 0.15) is 35.0 Å². The minimum atomic E-state index is -0.0160. The number of carbonyl (C=O) groups excluding carboxylic acids is 1. The highest BCUT2D eigenvalue weighted by molar-refractivity contribution is 5.79. The highest BCUT2D eigenvalue weighted by Crippen LogP contribution is 2.30. The van der Waals surface area contributed by atoms with Crippen molar-refractivity contribution in [2.24, 2.45) is 0 Å². The smallest absolute Gasteiger partial charge is 0.226 e. The van der Waals surface area contributed by atoms with Gasteiger partial charge in [-0.3, -0.25) is 4.79 Å². The van der Waals surface area contributed by atoms with Gasteiger partial charge in [0.05, 0.1) is 18.2 Å². The van der Waals surface area contributed by atoms with Crippen LogP contribution in [0.15, 0.2) is 59.0 Å². The fourth-order valence-electron chi connectivity index (χ4n) is 3.40. The van der Waals surface area contributed by atoms with Crippen LogP contribution in [0.25, 0.3) is 11.5 Å². The van der Waals surface area contributed by atoms with Gasteiger partial charge in [-0.15, -0.1) is 0 Å². The van der Waals surface area contributed by atoms with Gasteiger partial charge in [0.2, 0.25) is 11.8 Å². The summed E-state index contributed by atoms with van der Waals surface area (Å²) in [6, 6.07) is 18.1. The second-order valence-corrected chi connectivity index (χ2v) is 6.42. The van der Waals surface area contributed by atoms with Crippen LogP contribution in [0.3, 0.4) is 0 Å². The Balaban J connectivity index is 1.46. The van der Waals surface area contributed by atoms with Crippen molar-refractivity contribution in [3.05, 3.63) is 77.2 Å². The first-order chi connectivity index (χ1) is 12.2. The molecule has 0 spiro atoms. The van der Waals surface area contributed by atoms with Gasteiger partial charge in [-0.2, -0.15) is 0 Å². The van der Waals surface area contributed by atoms with E-state index >= 15 is 0 Å². The van der Waals surface area contributed by atoms with Crippen LogP contribution in [-0.2, 0) is 17.6 Å². The number of aryl methyl sites for hydroxylation is 2. The highest BCUT2D eigenvalue weighted by atomic mass is 16.4. The minimum absolute atomic E-state index is 0.0160. The molecule has 3 aromatic rings. The summed E-state index contributed by atoms with van der Waals surface area (Å²) in [5.41, 5.74) is 4.18. The standard InChI is InChI=1S/C21H20N2O2/c1-14-19(23-21(25-14)16-8-3-2-4-9-16)13-20(24)22-18-12-11-15-7-5-6-10-17(15)18/h2-10,18H,11-13H2,1H3,(H,22,24)/t18-/m0/s1. The third-order valence-corrected chi connectivity index (χ3v) is 4.71. The van der Waals surface area contributed by atoms with E-state index in [2.05, 4.69) is 22.4 Å². The molecule has 0 saturated heterocycles. The number of benzene rings is 2. The molecule has 0 radical (unpaired) electrons. The largest absolute Gasteiger partial charge is 0.441 e. The van der Waals surface area contributed by atoms with Crippen molar-refractivity contribution >= 4 is 5.91 Å². The van der Waals surface area contributed by atoms with Crippen molar-refractivity contribution in [1.29, 1.82) is 0 Å². The third-order valence-electron chi connectivity index (χ3n) is 4.71. The molecule has 1 aliphatic carbocycles. The number of carbonyl (C=O) groups is 1. The van der Waals surface area contributed by atoms with Crippen LogP contribution < -0.4 is 5.32 Å². The maximum Gasteiger partial charge on any atom is 0.226 e. The molecule has 1 atom stereocenters. The number of oxazole rings is 1. The van der Waals surface area contributed by atoms with E-state index in [1.165, 1.54) is 11.1 Å². The van der Waals surface area contributed by atoms with Crippen LogP contribution in [0, 0.1) is 6.92 Å². The van der Waals surface area contributed by atoms with Gasteiger partial charge in [0.25, 0.3) is 0 Å². The maximum absolute atomic E-state index is 12.5.